The molecule has 172 valence electrons. The molecule has 2 aromatic heterocycles. The van der Waals surface area contributed by atoms with Crippen molar-refractivity contribution in [3.05, 3.63) is 93.2 Å². The van der Waals surface area contributed by atoms with Crippen molar-refractivity contribution in [2.24, 2.45) is 0 Å². The van der Waals surface area contributed by atoms with Gasteiger partial charge in [0, 0.05) is 62.7 Å². The number of esters is 1. The first-order chi connectivity index (χ1) is 16.1. The first-order valence-corrected chi connectivity index (χ1v) is 11.2. The molecule has 0 amide bonds. The maximum absolute atomic E-state index is 13.0. The van der Waals surface area contributed by atoms with Crippen LogP contribution in [0.4, 0.5) is 0 Å². The van der Waals surface area contributed by atoms with E-state index < -0.39 is 5.97 Å². The molecule has 3 aromatic rings. The van der Waals surface area contributed by atoms with Crippen molar-refractivity contribution < 1.29 is 14.3 Å². The number of pyridine rings is 2. The zero-order valence-electron chi connectivity index (χ0n) is 19.1. The average molecular weight is 448 g/mol. The number of aromatic nitrogens is 2. The maximum atomic E-state index is 13.0. The summed E-state index contributed by atoms with van der Waals surface area (Å²) in [5.74, 6) is -0.208. The lowest BCUT2D eigenvalue weighted by molar-refractivity contribution is 0.0593. The third kappa shape index (κ3) is 5.31. The summed E-state index contributed by atoms with van der Waals surface area (Å²) in [5, 5.41) is 0. The average Bonchev–Trinajstić information content (AvgIpc) is 3.04. The molecule has 0 saturated heterocycles. The summed E-state index contributed by atoms with van der Waals surface area (Å²) in [6, 6.07) is 15.4. The van der Waals surface area contributed by atoms with Gasteiger partial charge in [0.1, 0.15) is 11.3 Å². The predicted molar refractivity (Wildman–Crippen MR) is 126 cm³/mol. The lowest BCUT2D eigenvalue weighted by Gasteiger charge is -2.20. The Kier molecular flexibility index (Phi) is 7.19. The molecule has 0 unspecified atom stereocenters. The Bertz CT molecular complexity index is 1170. The van der Waals surface area contributed by atoms with E-state index >= 15 is 0 Å². The van der Waals surface area contributed by atoms with Crippen LogP contribution in [-0.2, 0) is 30.7 Å². The quantitative estimate of drug-likeness (QED) is 0.519. The number of nitrogens with zero attached hydrogens (tertiary/aromatic N) is 3. The summed E-state index contributed by atoms with van der Waals surface area (Å²) in [4.78, 5) is 32.3. The molecule has 0 N–H and O–H groups in total. The molecule has 0 radical (unpaired) electrons. The molecule has 1 aliphatic heterocycles. The second-order valence-electron chi connectivity index (χ2n) is 8.18. The Morgan fingerprint density at radius 2 is 1.91 bits per heavy atom. The monoisotopic (exact) mass is 447 g/mol. The van der Waals surface area contributed by atoms with Crippen molar-refractivity contribution in [3.63, 3.8) is 0 Å². The number of hydrogen-bond donors (Lipinski definition) is 0. The van der Waals surface area contributed by atoms with Gasteiger partial charge in [0.25, 0.3) is 5.56 Å². The van der Waals surface area contributed by atoms with Crippen molar-refractivity contribution in [1.82, 2.24) is 14.5 Å². The van der Waals surface area contributed by atoms with Crippen molar-refractivity contribution in [3.8, 4) is 5.75 Å². The highest BCUT2D eigenvalue weighted by Gasteiger charge is 2.26. The van der Waals surface area contributed by atoms with Gasteiger partial charge in [0.2, 0.25) is 0 Å². The normalized spacial score (nSPS) is 13.8. The van der Waals surface area contributed by atoms with E-state index in [1.807, 2.05) is 30.3 Å². The molecule has 0 aliphatic carbocycles. The van der Waals surface area contributed by atoms with Gasteiger partial charge in [0.05, 0.1) is 13.7 Å². The Morgan fingerprint density at radius 1 is 1.09 bits per heavy atom. The van der Waals surface area contributed by atoms with Crippen LogP contribution in [0.2, 0.25) is 0 Å². The van der Waals surface area contributed by atoms with Gasteiger partial charge in [-0.3, -0.25) is 14.7 Å². The van der Waals surface area contributed by atoms with Gasteiger partial charge in [-0.2, -0.15) is 0 Å². The largest absolute Gasteiger partial charge is 0.492 e. The zero-order chi connectivity index (χ0) is 23.2. The van der Waals surface area contributed by atoms with Gasteiger partial charge < -0.3 is 14.0 Å². The summed E-state index contributed by atoms with van der Waals surface area (Å²) in [7, 11) is 1.35. The van der Waals surface area contributed by atoms with Gasteiger partial charge in [-0.05, 0) is 30.2 Å². The number of carbonyl (C=O) groups excluding carboxylic acids is 1. The molecular weight excluding hydrogens is 418 g/mol. The summed E-state index contributed by atoms with van der Waals surface area (Å²) in [5.41, 5.74) is 4.25. The minimum atomic E-state index is -0.487. The third-order valence-corrected chi connectivity index (χ3v) is 6.07. The van der Waals surface area contributed by atoms with E-state index in [0.717, 1.165) is 25.3 Å². The Balaban J connectivity index is 1.56. The van der Waals surface area contributed by atoms with Crippen LogP contribution < -0.4 is 10.3 Å². The van der Waals surface area contributed by atoms with E-state index in [-0.39, 0.29) is 11.3 Å². The highest BCUT2D eigenvalue weighted by atomic mass is 16.5. The van der Waals surface area contributed by atoms with Crippen molar-refractivity contribution in [2.45, 2.75) is 32.9 Å². The highest BCUT2D eigenvalue weighted by molar-refractivity contribution is 5.93. The second-order valence-corrected chi connectivity index (χ2v) is 8.18. The molecular formula is C26H29N3O4. The van der Waals surface area contributed by atoms with Crippen LogP contribution in [0.1, 0.15) is 32.9 Å². The number of fused-ring (bicyclic) bond motifs is 1. The molecule has 0 atom stereocenters. The molecule has 0 bridgehead atoms. The van der Waals surface area contributed by atoms with Gasteiger partial charge in [-0.25, -0.2) is 4.79 Å². The molecule has 1 aromatic carbocycles. The number of methoxy groups -OCH3 is 1. The second kappa shape index (κ2) is 10.4. The molecule has 33 heavy (non-hydrogen) atoms. The zero-order valence-corrected chi connectivity index (χ0v) is 19.1. The number of aryl methyl sites for hydroxylation is 1. The van der Waals surface area contributed by atoms with E-state index in [0.29, 0.717) is 37.3 Å². The standard InChI is InChI=1S/C26H29N3O4/c1-19-7-3-4-8-20(19)18-28-13-10-22-25(26(31)32-2)23(17-24(30)29(22)15-14-28)33-16-11-21-9-5-6-12-27-21/h3-9,12,17H,10-11,13-16,18H2,1-2H3. The Hall–Kier alpha value is -3.45. The molecule has 7 nitrogen and oxygen atoms in total. The van der Waals surface area contributed by atoms with Crippen LogP contribution in [0.15, 0.2) is 59.5 Å². The third-order valence-electron chi connectivity index (χ3n) is 6.07. The van der Waals surface area contributed by atoms with Gasteiger partial charge >= 0.3 is 5.97 Å². The minimum absolute atomic E-state index is 0.164. The fraction of sp³-hybridized carbons (Fsp3) is 0.346. The van der Waals surface area contributed by atoms with Crippen LogP contribution in [0.5, 0.6) is 5.75 Å². The molecule has 7 heteroatoms. The number of rotatable bonds is 7. The first-order valence-electron chi connectivity index (χ1n) is 11.2. The van der Waals surface area contributed by atoms with Gasteiger partial charge in [-0.15, -0.1) is 0 Å². The summed E-state index contributed by atoms with van der Waals surface area (Å²) < 4.78 is 12.7. The van der Waals surface area contributed by atoms with E-state index in [1.54, 1.807) is 10.8 Å². The number of ether oxygens (including phenoxy) is 2. The van der Waals surface area contributed by atoms with Crippen molar-refractivity contribution in [1.29, 1.82) is 0 Å². The van der Waals surface area contributed by atoms with Crippen molar-refractivity contribution >= 4 is 5.97 Å². The molecule has 0 fully saturated rings. The number of benzene rings is 1. The highest BCUT2D eigenvalue weighted by Crippen LogP contribution is 2.25. The molecule has 3 heterocycles. The Labute approximate surface area is 193 Å². The topological polar surface area (TPSA) is 73.7 Å². The molecule has 4 rings (SSSR count). The van der Waals surface area contributed by atoms with Crippen LogP contribution in [0.25, 0.3) is 0 Å². The van der Waals surface area contributed by atoms with E-state index in [9.17, 15) is 9.59 Å². The van der Waals surface area contributed by atoms with E-state index in [2.05, 4.69) is 28.9 Å². The SMILES string of the molecule is COC(=O)c1c(OCCc2ccccn2)cc(=O)n2c1CCN(Cc1ccccc1C)CC2. The molecule has 1 aliphatic rings. The summed E-state index contributed by atoms with van der Waals surface area (Å²) in [6.45, 7) is 5.19. The minimum Gasteiger partial charge on any atom is -0.492 e. The fourth-order valence-corrected chi connectivity index (χ4v) is 4.23. The number of carbonyl (C=O) groups is 1. The predicted octanol–water partition coefficient (Wildman–Crippen LogP) is 3.02. The smallest absolute Gasteiger partial charge is 0.343 e. The maximum Gasteiger partial charge on any atom is 0.343 e. The van der Waals surface area contributed by atoms with Crippen LogP contribution in [-0.4, -0.2) is 47.2 Å². The fourth-order valence-electron chi connectivity index (χ4n) is 4.23. The van der Waals surface area contributed by atoms with Crippen LogP contribution in [0.3, 0.4) is 0 Å². The van der Waals surface area contributed by atoms with Gasteiger partial charge in [-0.1, -0.05) is 30.3 Å². The Morgan fingerprint density at radius 3 is 2.67 bits per heavy atom. The van der Waals surface area contributed by atoms with Gasteiger partial charge in [0.15, 0.2) is 0 Å². The van der Waals surface area contributed by atoms with Crippen LogP contribution in [0, 0.1) is 6.92 Å². The lowest BCUT2D eigenvalue weighted by atomic mass is 10.1. The van der Waals surface area contributed by atoms with Crippen molar-refractivity contribution in [2.75, 3.05) is 26.8 Å². The van der Waals surface area contributed by atoms with E-state index in [4.69, 9.17) is 9.47 Å². The lowest BCUT2D eigenvalue weighted by Crippen LogP contribution is -2.29. The first kappa shape index (κ1) is 22.7. The van der Waals surface area contributed by atoms with Crippen LogP contribution >= 0.6 is 0 Å². The number of hydrogen-bond acceptors (Lipinski definition) is 6. The molecule has 0 saturated carbocycles. The molecule has 0 spiro atoms. The summed E-state index contributed by atoms with van der Waals surface area (Å²) in [6.07, 6.45) is 2.86. The summed E-state index contributed by atoms with van der Waals surface area (Å²) >= 11 is 0. The van der Waals surface area contributed by atoms with E-state index in [1.165, 1.54) is 24.3 Å².